The van der Waals surface area contributed by atoms with Gasteiger partial charge in [-0.05, 0) is 25.1 Å². The zero-order valence-corrected chi connectivity index (χ0v) is 16.6. The molecule has 30 heavy (non-hydrogen) atoms. The summed E-state index contributed by atoms with van der Waals surface area (Å²) in [4.78, 5) is 19.1. The van der Waals surface area contributed by atoms with Gasteiger partial charge in [0.15, 0.2) is 11.5 Å². The molecule has 0 radical (unpaired) electrons. The Morgan fingerprint density at radius 2 is 1.93 bits per heavy atom. The van der Waals surface area contributed by atoms with E-state index in [1.165, 1.54) is 0 Å². The van der Waals surface area contributed by atoms with Crippen LogP contribution in [0, 0.1) is 6.92 Å². The third-order valence-corrected chi connectivity index (χ3v) is 4.68. The van der Waals surface area contributed by atoms with Crippen molar-refractivity contribution in [2.24, 2.45) is 0 Å². The fourth-order valence-electron chi connectivity index (χ4n) is 3.04. The van der Waals surface area contributed by atoms with Crippen LogP contribution in [0.1, 0.15) is 17.0 Å². The second-order valence-corrected chi connectivity index (χ2v) is 6.77. The third-order valence-electron chi connectivity index (χ3n) is 4.68. The monoisotopic (exact) mass is 410 g/mol. The molecule has 0 saturated heterocycles. The maximum Gasteiger partial charge on any atom is 0.229 e. The Labute approximate surface area is 173 Å². The quantitative estimate of drug-likeness (QED) is 0.635. The van der Waals surface area contributed by atoms with E-state index >= 15 is 0 Å². The number of carbonyl (C=O) groups excluding carboxylic acids is 1. The van der Waals surface area contributed by atoms with Crippen molar-refractivity contribution in [3.63, 3.8) is 0 Å². The first-order chi connectivity index (χ1) is 14.7. The molecule has 0 saturated carbocycles. The summed E-state index contributed by atoms with van der Waals surface area (Å²) in [6.07, 6.45) is 1.75. The molecular formula is C21H22N4O5. The minimum atomic E-state index is -0.112. The summed E-state index contributed by atoms with van der Waals surface area (Å²) in [5.41, 5.74) is 1.90. The lowest BCUT2D eigenvalue weighted by Crippen LogP contribution is -2.35. The summed E-state index contributed by atoms with van der Waals surface area (Å²) in [5, 5.41) is 7.56. The number of fused-ring (bicyclic) bond motifs is 2. The van der Waals surface area contributed by atoms with Crippen LogP contribution in [0.15, 0.2) is 47.2 Å². The molecule has 1 aliphatic heterocycles. The molecule has 0 fully saturated rings. The molecule has 0 unspecified atom stereocenters. The highest BCUT2D eigenvalue weighted by molar-refractivity contribution is 5.78. The lowest BCUT2D eigenvalue weighted by Gasteiger charge is -2.23. The number of pyridine rings is 1. The summed E-state index contributed by atoms with van der Waals surface area (Å²) < 4.78 is 22.2. The molecule has 156 valence electrons. The fourth-order valence-corrected chi connectivity index (χ4v) is 3.04. The van der Waals surface area contributed by atoms with Crippen LogP contribution in [-0.4, -0.2) is 52.5 Å². The van der Waals surface area contributed by atoms with E-state index in [4.69, 9.17) is 18.8 Å². The van der Waals surface area contributed by atoms with Crippen molar-refractivity contribution in [2.75, 3.05) is 26.4 Å². The fraction of sp³-hybridized carbons (Fsp3) is 0.333. The predicted octanol–water partition coefficient (Wildman–Crippen LogP) is 2.55. The minimum Gasteiger partial charge on any atom is -0.487 e. The van der Waals surface area contributed by atoms with E-state index in [1.807, 2.05) is 36.4 Å². The molecular weight excluding hydrogens is 388 g/mol. The van der Waals surface area contributed by atoms with Crippen LogP contribution in [-0.2, 0) is 22.5 Å². The summed E-state index contributed by atoms with van der Waals surface area (Å²) in [6.45, 7) is 3.63. The number of hydrogen-bond acceptors (Lipinski definition) is 8. The second-order valence-electron chi connectivity index (χ2n) is 6.77. The van der Waals surface area contributed by atoms with E-state index in [-0.39, 0.29) is 12.3 Å². The molecule has 3 heterocycles. The Hall–Kier alpha value is -3.46. The van der Waals surface area contributed by atoms with Gasteiger partial charge >= 0.3 is 0 Å². The predicted molar refractivity (Wildman–Crippen MR) is 105 cm³/mol. The summed E-state index contributed by atoms with van der Waals surface area (Å²) >= 11 is 0. The normalized spacial score (nSPS) is 14.8. The maximum absolute atomic E-state index is 13.0. The van der Waals surface area contributed by atoms with Crippen molar-refractivity contribution < 1.29 is 23.6 Å². The number of hydrogen-bond donors (Lipinski definition) is 0. The molecule has 0 N–H and O–H groups in total. The molecule has 1 amide bonds. The van der Waals surface area contributed by atoms with Gasteiger partial charge in [0, 0.05) is 18.3 Å². The first kappa shape index (κ1) is 19.8. The maximum atomic E-state index is 13.0. The van der Waals surface area contributed by atoms with Crippen LogP contribution in [0.4, 0.5) is 0 Å². The summed E-state index contributed by atoms with van der Waals surface area (Å²) in [6, 6.07) is 11.1. The molecule has 1 aromatic carbocycles. The first-order valence-electron chi connectivity index (χ1n) is 9.68. The van der Waals surface area contributed by atoms with Crippen molar-refractivity contribution in [3.05, 3.63) is 59.5 Å². The molecule has 1 aliphatic rings. The number of rotatable bonds is 2. The Morgan fingerprint density at radius 1 is 1.07 bits per heavy atom. The van der Waals surface area contributed by atoms with Gasteiger partial charge in [0.2, 0.25) is 11.8 Å². The number of nitrogens with zero attached hydrogens (tertiary/aromatic N) is 4. The number of carbonyl (C=O) groups is 1. The SMILES string of the molecule is Cc1nonc1CC(=O)N1CCOCCOc2ccccc2Oc2ncccc2C1. The highest BCUT2D eigenvalue weighted by atomic mass is 16.6. The Bertz CT molecular complexity index is 1010. The van der Waals surface area contributed by atoms with Gasteiger partial charge < -0.3 is 19.1 Å². The molecule has 0 atom stereocenters. The molecule has 9 heteroatoms. The molecule has 3 aromatic rings. The largest absolute Gasteiger partial charge is 0.487 e. The summed E-state index contributed by atoms with van der Waals surface area (Å²) in [7, 11) is 0. The van der Waals surface area contributed by atoms with Crippen molar-refractivity contribution in [1.29, 1.82) is 0 Å². The van der Waals surface area contributed by atoms with E-state index in [1.54, 1.807) is 18.0 Å². The third kappa shape index (κ3) is 4.74. The average molecular weight is 410 g/mol. The van der Waals surface area contributed by atoms with Crippen LogP contribution in [0.5, 0.6) is 17.4 Å². The number of para-hydroxylation sites is 2. The van der Waals surface area contributed by atoms with Crippen molar-refractivity contribution >= 4 is 5.91 Å². The molecule has 4 rings (SSSR count). The van der Waals surface area contributed by atoms with Crippen LogP contribution in [0.3, 0.4) is 0 Å². The highest BCUT2D eigenvalue weighted by Crippen LogP contribution is 2.32. The molecule has 0 bridgehead atoms. The highest BCUT2D eigenvalue weighted by Gasteiger charge is 2.21. The average Bonchev–Trinajstić information content (AvgIpc) is 3.16. The van der Waals surface area contributed by atoms with Gasteiger partial charge in [-0.25, -0.2) is 9.61 Å². The molecule has 9 nitrogen and oxygen atoms in total. The van der Waals surface area contributed by atoms with Gasteiger partial charge in [0.05, 0.1) is 26.2 Å². The standard InChI is InChI=1S/C21H22N4O5/c1-15-17(24-30-23-15)13-20(26)25-9-10-27-11-12-28-18-6-2-3-7-19(18)29-21-16(14-25)5-4-8-22-21/h2-8H,9-14H2,1H3. The van der Waals surface area contributed by atoms with E-state index in [0.29, 0.717) is 61.7 Å². The number of benzene rings is 1. The number of amides is 1. The Kier molecular flexibility index (Phi) is 6.19. The van der Waals surface area contributed by atoms with E-state index in [9.17, 15) is 4.79 Å². The zero-order chi connectivity index (χ0) is 20.8. The molecule has 2 aromatic heterocycles. The topological polar surface area (TPSA) is 99.8 Å². The number of aryl methyl sites for hydroxylation is 1. The van der Waals surface area contributed by atoms with Gasteiger partial charge in [-0.3, -0.25) is 4.79 Å². The lowest BCUT2D eigenvalue weighted by molar-refractivity contribution is -0.132. The van der Waals surface area contributed by atoms with Crippen LogP contribution in [0.2, 0.25) is 0 Å². The van der Waals surface area contributed by atoms with E-state index < -0.39 is 0 Å². The van der Waals surface area contributed by atoms with Gasteiger partial charge in [-0.15, -0.1) is 0 Å². The van der Waals surface area contributed by atoms with Gasteiger partial charge in [-0.2, -0.15) is 0 Å². The lowest BCUT2D eigenvalue weighted by atomic mass is 10.2. The number of aromatic nitrogens is 3. The van der Waals surface area contributed by atoms with Crippen LogP contribution in [0.25, 0.3) is 0 Å². The van der Waals surface area contributed by atoms with E-state index in [2.05, 4.69) is 15.3 Å². The van der Waals surface area contributed by atoms with Crippen molar-refractivity contribution in [3.8, 4) is 17.4 Å². The number of ether oxygens (including phenoxy) is 3. The Morgan fingerprint density at radius 3 is 2.77 bits per heavy atom. The van der Waals surface area contributed by atoms with Gasteiger partial charge in [-0.1, -0.05) is 28.5 Å². The molecule has 0 spiro atoms. The second kappa shape index (κ2) is 9.36. The smallest absolute Gasteiger partial charge is 0.229 e. The van der Waals surface area contributed by atoms with Gasteiger partial charge in [0.1, 0.15) is 18.0 Å². The van der Waals surface area contributed by atoms with Gasteiger partial charge in [0.25, 0.3) is 0 Å². The molecule has 0 aliphatic carbocycles. The van der Waals surface area contributed by atoms with E-state index in [0.717, 1.165) is 5.56 Å². The van der Waals surface area contributed by atoms with Crippen LogP contribution >= 0.6 is 0 Å². The summed E-state index contributed by atoms with van der Waals surface area (Å²) in [5.74, 6) is 1.47. The van der Waals surface area contributed by atoms with Crippen molar-refractivity contribution in [1.82, 2.24) is 20.2 Å². The van der Waals surface area contributed by atoms with Crippen molar-refractivity contribution in [2.45, 2.75) is 19.9 Å². The zero-order valence-electron chi connectivity index (χ0n) is 16.6. The Balaban J connectivity index is 1.60. The first-order valence-corrected chi connectivity index (χ1v) is 9.68. The minimum absolute atomic E-state index is 0.0950. The van der Waals surface area contributed by atoms with Crippen LogP contribution < -0.4 is 9.47 Å².